The van der Waals surface area contributed by atoms with Crippen molar-refractivity contribution in [3.8, 4) is 0 Å². The van der Waals surface area contributed by atoms with Gasteiger partial charge in [0.2, 0.25) is 0 Å². The van der Waals surface area contributed by atoms with E-state index < -0.39 is 0 Å². The van der Waals surface area contributed by atoms with E-state index in [0.29, 0.717) is 6.42 Å². The highest BCUT2D eigenvalue weighted by Crippen LogP contribution is 2.21. The second-order valence-electron chi connectivity index (χ2n) is 3.31. The van der Waals surface area contributed by atoms with Gasteiger partial charge in [-0.05, 0) is 42.5 Å². The molecular formula is C10H11FO. The number of rotatable bonds is 0. The average molecular weight is 166 g/mol. The summed E-state index contributed by atoms with van der Waals surface area (Å²) in [7, 11) is 0. The molecule has 0 saturated carbocycles. The van der Waals surface area contributed by atoms with Crippen molar-refractivity contribution in [3.63, 3.8) is 0 Å². The van der Waals surface area contributed by atoms with Crippen molar-refractivity contribution in [1.29, 1.82) is 0 Å². The van der Waals surface area contributed by atoms with Crippen LogP contribution in [0.1, 0.15) is 17.5 Å². The first-order chi connectivity index (χ1) is 5.75. The molecule has 0 fully saturated rings. The van der Waals surface area contributed by atoms with Crippen LogP contribution in [0.25, 0.3) is 0 Å². The van der Waals surface area contributed by atoms with Crippen molar-refractivity contribution >= 4 is 0 Å². The number of fused-ring (bicyclic) bond motifs is 1. The van der Waals surface area contributed by atoms with E-state index >= 15 is 0 Å². The summed E-state index contributed by atoms with van der Waals surface area (Å²) in [6.45, 7) is 0. The van der Waals surface area contributed by atoms with Gasteiger partial charge in [0.05, 0.1) is 6.10 Å². The Morgan fingerprint density at radius 3 is 3.00 bits per heavy atom. The van der Waals surface area contributed by atoms with Crippen molar-refractivity contribution in [2.75, 3.05) is 0 Å². The molecule has 2 heteroatoms. The molecule has 0 aliphatic heterocycles. The van der Waals surface area contributed by atoms with E-state index in [4.69, 9.17) is 0 Å². The standard InChI is InChI=1S/C10H11FO/c11-9-3-1-8-6-10(12)4-2-7(8)5-9/h1,3,5,10,12H,2,4,6H2/t10-/m0/s1. The van der Waals surface area contributed by atoms with Gasteiger partial charge in [0, 0.05) is 0 Å². The lowest BCUT2D eigenvalue weighted by atomic mass is 9.90. The summed E-state index contributed by atoms with van der Waals surface area (Å²) in [4.78, 5) is 0. The number of aliphatic hydroxyl groups is 1. The molecule has 0 unspecified atom stereocenters. The Balaban J connectivity index is 2.37. The van der Waals surface area contributed by atoms with Crippen LogP contribution in [0.4, 0.5) is 4.39 Å². The third kappa shape index (κ3) is 1.34. The van der Waals surface area contributed by atoms with Gasteiger partial charge in [0.25, 0.3) is 0 Å². The van der Waals surface area contributed by atoms with E-state index in [-0.39, 0.29) is 11.9 Å². The van der Waals surface area contributed by atoms with Crippen molar-refractivity contribution < 1.29 is 9.50 Å². The SMILES string of the molecule is O[C@H]1CCc2cc(F)ccc2C1. The minimum atomic E-state index is -0.233. The fourth-order valence-corrected chi connectivity index (χ4v) is 1.70. The zero-order chi connectivity index (χ0) is 8.55. The molecule has 1 N–H and O–H groups in total. The zero-order valence-electron chi connectivity index (χ0n) is 6.76. The summed E-state index contributed by atoms with van der Waals surface area (Å²) in [5.74, 6) is -0.176. The average Bonchev–Trinajstić information content (AvgIpc) is 2.05. The van der Waals surface area contributed by atoms with Gasteiger partial charge in [-0.25, -0.2) is 4.39 Å². The molecule has 1 atom stereocenters. The predicted molar refractivity (Wildman–Crippen MR) is 44.4 cm³/mol. The molecule has 64 valence electrons. The van der Waals surface area contributed by atoms with E-state index in [1.165, 1.54) is 6.07 Å². The van der Waals surface area contributed by atoms with Crippen LogP contribution in [0.2, 0.25) is 0 Å². The van der Waals surface area contributed by atoms with Crippen LogP contribution >= 0.6 is 0 Å². The molecule has 12 heavy (non-hydrogen) atoms. The molecule has 1 aliphatic carbocycles. The van der Waals surface area contributed by atoms with E-state index in [2.05, 4.69) is 0 Å². The number of benzene rings is 1. The first-order valence-electron chi connectivity index (χ1n) is 4.21. The predicted octanol–water partition coefficient (Wildman–Crippen LogP) is 1.68. The first kappa shape index (κ1) is 7.74. The molecule has 0 radical (unpaired) electrons. The smallest absolute Gasteiger partial charge is 0.123 e. The van der Waals surface area contributed by atoms with Crippen molar-refractivity contribution in [1.82, 2.24) is 0 Å². The highest BCUT2D eigenvalue weighted by molar-refractivity contribution is 5.30. The number of aryl methyl sites for hydroxylation is 1. The fourth-order valence-electron chi connectivity index (χ4n) is 1.70. The van der Waals surface area contributed by atoms with Crippen LogP contribution in [0.3, 0.4) is 0 Å². The van der Waals surface area contributed by atoms with E-state index in [0.717, 1.165) is 24.0 Å². The topological polar surface area (TPSA) is 20.2 Å². The Bertz CT molecular complexity index is 296. The van der Waals surface area contributed by atoms with Crippen LogP contribution in [-0.4, -0.2) is 11.2 Å². The van der Waals surface area contributed by atoms with Gasteiger partial charge in [-0.1, -0.05) is 6.07 Å². The van der Waals surface area contributed by atoms with Crippen molar-refractivity contribution in [3.05, 3.63) is 35.1 Å². The molecule has 1 nitrogen and oxygen atoms in total. The molecule has 0 bridgehead atoms. The molecule has 0 aromatic heterocycles. The molecule has 1 aromatic carbocycles. The lowest BCUT2D eigenvalue weighted by molar-refractivity contribution is 0.158. The maximum absolute atomic E-state index is 12.7. The third-order valence-electron chi connectivity index (χ3n) is 2.37. The lowest BCUT2D eigenvalue weighted by Crippen LogP contribution is -2.18. The van der Waals surface area contributed by atoms with Crippen molar-refractivity contribution in [2.24, 2.45) is 0 Å². The summed E-state index contributed by atoms with van der Waals surface area (Å²) >= 11 is 0. The molecule has 0 spiro atoms. The van der Waals surface area contributed by atoms with Crippen LogP contribution in [0.15, 0.2) is 18.2 Å². The Morgan fingerprint density at radius 1 is 1.33 bits per heavy atom. The molecular weight excluding hydrogens is 155 g/mol. The maximum Gasteiger partial charge on any atom is 0.123 e. The second kappa shape index (κ2) is 2.87. The summed E-state index contributed by atoms with van der Waals surface area (Å²) in [5, 5.41) is 9.33. The Hall–Kier alpha value is -0.890. The summed E-state index contributed by atoms with van der Waals surface area (Å²) in [6.07, 6.45) is 2.00. The van der Waals surface area contributed by atoms with Crippen LogP contribution < -0.4 is 0 Å². The van der Waals surface area contributed by atoms with Crippen molar-refractivity contribution in [2.45, 2.75) is 25.4 Å². The van der Waals surface area contributed by atoms with Gasteiger partial charge in [0.15, 0.2) is 0 Å². The molecule has 0 amide bonds. The molecule has 0 saturated heterocycles. The molecule has 2 rings (SSSR count). The first-order valence-corrected chi connectivity index (χ1v) is 4.21. The van der Waals surface area contributed by atoms with E-state index in [1.54, 1.807) is 12.1 Å². The maximum atomic E-state index is 12.7. The minimum absolute atomic E-state index is 0.176. The number of hydrogen-bond donors (Lipinski definition) is 1. The van der Waals surface area contributed by atoms with Gasteiger partial charge >= 0.3 is 0 Å². The Kier molecular flexibility index (Phi) is 1.85. The van der Waals surface area contributed by atoms with Gasteiger partial charge < -0.3 is 5.11 Å². The van der Waals surface area contributed by atoms with Crippen LogP contribution in [-0.2, 0) is 12.8 Å². The second-order valence-corrected chi connectivity index (χ2v) is 3.31. The van der Waals surface area contributed by atoms with Gasteiger partial charge in [-0.2, -0.15) is 0 Å². The minimum Gasteiger partial charge on any atom is -0.393 e. The normalized spacial score (nSPS) is 22.0. The lowest BCUT2D eigenvalue weighted by Gasteiger charge is -2.20. The number of hydrogen-bond acceptors (Lipinski definition) is 1. The molecule has 1 aromatic rings. The number of aliphatic hydroxyl groups excluding tert-OH is 1. The summed E-state index contributed by atoms with van der Waals surface area (Å²) in [5.41, 5.74) is 2.15. The Morgan fingerprint density at radius 2 is 2.17 bits per heavy atom. The number of halogens is 1. The van der Waals surface area contributed by atoms with E-state index in [9.17, 15) is 9.50 Å². The van der Waals surface area contributed by atoms with Crippen LogP contribution in [0.5, 0.6) is 0 Å². The highest BCUT2D eigenvalue weighted by atomic mass is 19.1. The van der Waals surface area contributed by atoms with E-state index in [1.807, 2.05) is 0 Å². The largest absolute Gasteiger partial charge is 0.393 e. The van der Waals surface area contributed by atoms with Gasteiger partial charge in [0.1, 0.15) is 5.82 Å². The molecule has 1 aliphatic rings. The fraction of sp³-hybridized carbons (Fsp3) is 0.400. The Labute approximate surface area is 70.8 Å². The quantitative estimate of drug-likeness (QED) is 0.621. The van der Waals surface area contributed by atoms with Gasteiger partial charge in [-0.15, -0.1) is 0 Å². The summed E-state index contributed by atoms with van der Waals surface area (Å²) < 4.78 is 12.7. The molecule has 0 heterocycles. The zero-order valence-corrected chi connectivity index (χ0v) is 6.76. The summed E-state index contributed by atoms with van der Waals surface area (Å²) in [6, 6.07) is 4.80. The third-order valence-corrected chi connectivity index (χ3v) is 2.37. The highest BCUT2D eigenvalue weighted by Gasteiger charge is 2.16. The van der Waals surface area contributed by atoms with Gasteiger partial charge in [-0.3, -0.25) is 0 Å². The van der Waals surface area contributed by atoms with Crippen LogP contribution in [0, 0.1) is 5.82 Å². The monoisotopic (exact) mass is 166 g/mol.